The van der Waals surface area contributed by atoms with E-state index in [0.717, 1.165) is 0 Å². The summed E-state index contributed by atoms with van der Waals surface area (Å²) in [6.45, 7) is 2.01. The first-order valence-electron chi connectivity index (χ1n) is 9.79. The third-order valence-electron chi connectivity index (χ3n) is 4.29. The molecule has 0 aliphatic heterocycles. The molecule has 0 spiro atoms. The number of aromatic hydroxyl groups is 1. The maximum Gasteiger partial charge on any atom is 0.414 e. The average molecular weight is 526 g/mol. The number of phenolic OH excluding ortho intramolecular Hbond substituents is 1. The van der Waals surface area contributed by atoms with Gasteiger partial charge in [0.25, 0.3) is 5.91 Å². The second kappa shape index (κ2) is 13.1. The van der Waals surface area contributed by atoms with Crippen molar-refractivity contribution < 1.29 is 33.7 Å². The molecule has 172 valence electrons. The maximum atomic E-state index is 12.5. The lowest BCUT2D eigenvalue weighted by Crippen LogP contribution is -2.36. The van der Waals surface area contributed by atoms with Crippen LogP contribution in [-0.4, -0.2) is 48.1 Å². The number of nitrogens with one attached hydrogen (secondary N) is 1. The molecule has 2 amide bonds. The normalized spacial score (nSPS) is 12.5. The highest BCUT2D eigenvalue weighted by Gasteiger charge is 2.31. The smallest absolute Gasteiger partial charge is 0.414 e. The highest BCUT2D eigenvalue weighted by Crippen LogP contribution is 2.34. The molecule has 0 saturated carbocycles. The fraction of sp³-hybridized carbons (Fsp3) is 0.318. The fourth-order valence-corrected chi connectivity index (χ4v) is 3.33. The van der Waals surface area contributed by atoms with Crippen LogP contribution in [0.1, 0.15) is 35.4 Å². The molecule has 0 aromatic heterocycles. The van der Waals surface area contributed by atoms with E-state index in [2.05, 4.69) is 33.9 Å². The number of imide groups is 1. The van der Waals surface area contributed by atoms with Crippen molar-refractivity contribution in [3.05, 3.63) is 64.1 Å². The van der Waals surface area contributed by atoms with E-state index in [0.29, 0.717) is 4.47 Å². The summed E-state index contributed by atoms with van der Waals surface area (Å²) in [4.78, 5) is 36.3. The van der Waals surface area contributed by atoms with Gasteiger partial charge in [0.1, 0.15) is 11.9 Å². The molecule has 0 heterocycles. The van der Waals surface area contributed by atoms with Gasteiger partial charge in [-0.15, -0.1) is 0 Å². The molecule has 8 nitrogen and oxygen atoms in total. The highest BCUT2D eigenvalue weighted by molar-refractivity contribution is 9.10. The predicted octanol–water partition coefficient (Wildman–Crippen LogP) is 4.03. The Hall–Kier alpha value is -2.56. The molecule has 0 aliphatic rings. The molecule has 0 radical (unpaired) electrons. The van der Waals surface area contributed by atoms with E-state index in [1.54, 1.807) is 49.4 Å². The number of carbonyl (C=O) groups is 3. The molecular formula is C22H24BrNO7S. The van der Waals surface area contributed by atoms with E-state index >= 15 is 0 Å². The second-order valence-electron chi connectivity index (χ2n) is 6.51. The van der Waals surface area contributed by atoms with Crippen molar-refractivity contribution in [3.63, 3.8) is 0 Å². The van der Waals surface area contributed by atoms with Crippen LogP contribution in [0.3, 0.4) is 0 Å². The van der Waals surface area contributed by atoms with Crippen molar-refractivity contribution >= 4 is 46.5 Å². The van der Waals surface area contributed by atoms with Crippen LogP contribution >= 0.6 is 28.6 Å². The summed E-state index contributed by atoms with van der Waals surface area (Å²) >= 11 is 7.19. The number of ether oxygens (including phenoxy) is 3. The van der Waals surface area contributed by atoms with E-state index in [1.165, 1.54) is 6.07 Å². The number of phenols is 1. The Morgan fingerprint density at radius 2 is 1.88 bits per heavy atom. The molecule has 0 unspecified atom stereocenters. The number of rotatable bonds is 10. The van der Waals surface area contributed by atoms with E-state index in [4.69, 9.17) is 14.2 Å². The van der Waals surface area contributed by atoms with Crippen LogP contribution in [0, 0.1) is 0 Å². The number of halogens is 1. The first kappa shape index (κ1) is 25.7. The zero-order valence-electron chi connectivity index (χ0n) is 17.3. The van der Waals surface area contributed by atoms with Crippen LogP contribution in [-0.2, 0) is 19.0 Å². The first-order chi connectivity index (χ1) is 15.3. The molecule has 0 aliphatic carbocycles. The number of esters is 1. The van der Waals surface area contributed by atoms with Gasteiger partial charge in [0, 0.05) is 28.6 Å². The van der Waals surface area contributed by atoms with E-state index in [-0.39, 0.29) is 42.3 Å². The Kier molecular flexibility index (Phi) is 10.5. The minimum atomic E-state index is -1.09. The largest absolute Gasteiger partial charge is 0.508 e. The summed E-state index contributed by atoms with van der Waals surface area (Å²) in [7, 11) is 0. The first-order valence-corrected chi connectivity index (χ1v) is 11.2. The standard InChI is InChI=1S/C22H24BrNO7S/c1-2-29-18(10-11-30-19(26)13-32)20(16-12-15(23)8-9-17(16)25)31-22(28)24-21(27)14-6-4-3-5-7-14/h3-9,12,18,20,25,32H,2,10-11,13H2,1H3,(H,24,27,28)/t18-,20-/m1/s1. The van der Waals surface area contributed by atoms with Crippen molar-refractivity contribution in [2.45, 2.75) is 25.6 Å². The van der Waals surface area contributed by atoms with Gasteiger partial charge in [0.15, 0.2) is 6.10 Å². The van der Waals surface area contributed by atoms with Crippen LogP contribution < -0.4 is 5.32 Å². The predicted molar refractivity (Wildman–Crippen MR) is 124 cm³/mol. The summed E-state index contributed by atoms with van der Waals surface area (Å²) in [6.07, 6.45) is -2.71. The van der Waals surface area contributed by atoms with Gasteiger partial charge in [-0.2, -0.15) is 12.6 Å². The lowest BCUT2D eigenvalue weighted by molar-refractivity contribution is -0.142. The number of alkyl carbamates (subject to hydrolysis) is 1. The highest BCUT2D eigenvalue weighted by atomic mass is 79.9. The van der Waals surface area contributed by atoms with Crippen LogP contribution in [0.15, 0.2) is 53.0 Å². The van der Waals surface area contributed by atoms with Crippen LogP contribution in [0.5, 0.6) is 5.75 Å². The maximum absolute atomic E-state index is 12.5. The van der Waals surface area contributed by atoms with Crippen LogP contribution in [0.4, 0.5) is 4.79 Å². The van der Waals surface area contributed by atoms with E-state index < -0.39 is 30.2 Å². The number of benzene rings is 2. The van der Waals surface area contributed by atoms with Gasteiger partial charge in [-0.05, 0) is 37.3 Å². The molecule has 2 aromatic rings. The monoisotopic (exact) mass is 525 g/mol. The minimum absolute atomic E-state index is 0.0107. The quantitative estimate of drug-likeness (QED) is 0.317. The van der Waals surface area contributed by atoms with Gasteiger partial charge >= 0.3 is 12.1 Å². The summed E-state index contributed by atoms with van der Waals surface area (Å²) in [5.74, 6) is -1.34. The van der Waals surface area contributed by atoms with Crippen molar-refractivity contribution in [2.75, 3.05) is 19.0 Å². The Bertz CT molecular complexity index is 926. The zero-order valence-corrected chi connectivity index (χ0v) is 19.8. The SMILES string of the molecule is CCO[C@H](CCOC(=O)CS)[C@H](OC(=O)NC(=O)c1ccccc1)c1cc(Br)ccc1O. The fourth-order valence-electron chi connectivity index (χ4n) is 2.86. The Balaban J connectivity index is 2.24. The zero-order chi connectivity index (χ0) is 23.5. The third kappa shape index (κ3) is 7.85. The molecule has 2 rings (SSSR count). The topological polar surface area (TPSA) is 111 Å². The summed E-state index contributed by atoms with van der Waals surface area (Å²) in [5, 5.41) is 12.6. The minimum Gasteiger partial charge on any atom is -0.508 e. The van der Waals surface area contributed by atoms with Gasteiger partial charge in [0.2, 0.25) is 0 Å². The number of amides is 2. The lowest BCUT2D eigenvalue weighted by Gasteiger charge is -2.28. The van der Waals surface area contributed by atoms with Gasteiger partial charge in [-0.1, -0.05) is 34.1 Å². The number of hydrogen-bond acceptors (Lipinski definition) is 8. The molecule has 2 N–H and O–H groups in total. The Morgan fingerprint density at radius 3 is 2.53 bits per heavy atom. The number of thiol groups is 1. The second-order valence-corrected chi connectivity index (χ2v) is 7.74. The summed E-state index contributed by atoms with van der Waals surface area (Å²) in [6, 6.07) is 12.8. The number of hydrogen-bond donors (Lipinski definition) is 3. The Morgan fingerprint density at radius 1 is 1.16 bits per heavy atom. The van der Waals surface area contributed by atoms with Gasteiger partial charge in [-0.3, -0.25) is 14.9 Å². The van der Waals surface area contributed by atoms with Crippen LogP contribution in [0.25, 0.3) is 0 Å². The van der Waals surface area contributed by atoms with Crippen molar-refractivity contribution in [3.8, 4) is 5.75 Å². The molecule has 2 atom stereocenters. The Labute approximate surface area is 199 Å². The summed E-state index contributed by atoms with van der Waals surface area (Å²) in [5.41, 5.74) is 0.548. The third-order valence-corrected chi connectivity index (χ3v) is 5.05. The van der Waals surface area contributed by atoms with E-state index in [9.17, 15) is 19.5 Å². The molecule has 32 heavy (non-hydrogen) atoms. The molecular weight excluding hydrogens is 502 g/mol. The molecule has 0 fully saturated rings. The summed E-state index contributed by atoms with van der Waals surface area (Å²) < 4.78 is 17.0. The van der Waals surface area contributed by atoms with E-state index in [1.807, 2.05) is 0 Å². The van der Waals surface area contributed by atoms with Crippen LogP contribution in [0.2, 0.25) is 0 Å². The van der Waals surface area contributed by atoms with Gasteiger partial charge < -0.3 is 19.3 Å². The van der Waals surface area contributed by atoms with Crippen molar-refractivity contribution in [2.24, 2.45) is 0 Å². The van der Waals surface area contributed by atoms with Crippen molar-refractivity contribution in [1.29, 1.82) is 0 Å². The lowest BCUT2D eigenvalue weighted by atomic mass is 10.0. The molecule has 0 bridgehead atoms. The van der Waals surface area contributed by atoms with Gasteiger partial charge in [-0.25, -0.2) is 4.79 Å². The molecule has 2 aromatic carbocycles. The number of carbonyl (C=O) groups excluding carboxylic acids is 3. The van der Waals surface area contributed by atoms with Crippen molar-refractivity contribution in [1.82, 2.24) is 5.32 Å². The molecule has 0 saturated heterocycles. The average Bonchev–Trinajstić information content (AvgIpc) is 2.79. The molecule has 10 heteroatoms. The van der Waals surface area contributed by atoms with Gasteiger partial charge in [0.05, 0.1) is 12.4 Å².